The number of hydrogen-bond donors (Lipinski definition) is 1. The monoisotopic (exact) mass is 699 g/mol. The molecule has 1 N–H and O–H groups in total. The van der Waals surface area contributed by atoms with E-state index in [1.54, 1.807) is 42.3 Å². The van der Waals surface area contributed by atoms with Gasteiger partial charge in [-0.3, -0.25) is 9.78 Å². The maximum atomic E-state index is 15.6. The molecule has 5 aromatic rings. The Hall–Kier alpha value is -4.84. The standard InChI is InChI=1S/C38H42FN5O5S/c1-24(35(45)48-6)19-25-9-7-10-26(20-25)38(4)15-8-14-37(2,3)23-50(46,47)18-13-29-28-12-17-40-31(28)22-30(39)33(29)49-27-11-16-41-32(21-27)34-42-36(38)43-44(34)5/h7,9-13,16-18,20-22,24,40H,8,14-15,19,23H2,1-6H3/b18-13-/t24-,38-/m1/s1. The van der Waals surface area contributed by atoms with Gasteiger partial charge in [0.1, 0.15) is 11.4 Å². The molecule has 3 aromatic heterocycles. The van der Waals surface area contributed by atoms with Gasteiger partial charge in [0.15, 0.2) is 33.1 Å². The number of halogens is 1. The third kappa shape index (κ3) is 7.21. The zero-order valence-electron chi connectivity index (χ0n) is 29.2. The molecule has 12 heteroatoms. The molecule has 0 saturated heterocycles. The van der Waals surface area contributed by atoms with Crippen molar-refractivity contribution in [2.45, 2.75) is 58.8 Å². The molecule has 10 nitrogen and oxygen atoms in total. The first kappa shape index (κ1) is 35.0. The Morgan fingerprint density at radius 1 is 1.14 bits per heavy atom. The number of aryl methyl sites for hydroxylation is 1. The predicted molar refractivity (Wildman–Crippen MR) is 191 cm³/mol. The normalized spacial score (nSPS) is 20.1. The number of fused-ring (bicyclic) bond motifs is 8. The van der Waals surface area contributed by atoms with Gasteiger partial charge < -0.3 is 14.5 Å². The van der Waals surface area contributed by atoms with Crippen molar-refractivity contribution in [1.29, 1.82) is 0 Å². The smallest absolute Gasteiger partial charge is 0.308 e. The van der Waals surface area contributed by atoms with E-state index in [4.69, 9.17) is 19.6 Å². The van der Waals surface area contributed by atoms with Gasteiger partial charge in [0.2, 0.25) is 0 Å². The summed E-state index contributed by atoms with van der Waals surface area (Å²) in [5.74, 6) is -0.0796. The second-order valence-corrected chi connectivity index (χ2v) is 16.1. The Morgan fingerprint density at radius 3 is 2.72 bits per heavy atom. The number of nitrogens with zero attached hydrogens (tertiary/aromatic N) is 4. The topological polar surface area (TPSA) is 129 Å². The summed E-state index contributed by atoms with van der Waals surface area (Å²) in [6, 6.07) is 14.4. The second-order valence-electron chi connectivity index (χ2n) is 14.2. The van der Waals surface area contributed by atoms with Crippen LogP contribution in [0.2, 0.25) is 0 Å². The number of aromatic amines is 1. The number of esters is 1. The number of carbonyl (C=O) groups excluding carboxylic acids is 1. The molecule has 0 unspecified atom stereocenters. The van der Waals surface area contributed by atoms with Crippen LogP contribution in [0.15, 0.2) is 66.3 Å². The van der Waals surface area contributed by atoms with Crippen LogP contribution in [0.4, 0.5) is 4.39 Å². The third-order valence-electron chi connectivity index (χ3n) is 9.51. The maximum absolute atomic E-state index is 15.6. The largest absolute Gasteiger partial charge is 0.469 e. The van der Waals surface area contributed by atoms with Crippen LogP contribution in [0.3, 0.4) is 0 Å². The molecule has 262 valence electrons. The molecular formula is C38H42FN5O5S. The Balaban J connectivity index is 1.48. The van der Waals surface area contributed by atoms with Crippen molar-refractivity contribution in [2.24, 2.45) is 18.4 Å². The predicted octanol–water partition coefficient (Wildman–Crippen LogP) is 7.54. The lowest BCUT2D eigenvalue weighted by atomic mass is 9.75. The van der Waals surface area contributed by atoms with Gasteiger partial charge in [-0.25, -0.2) is 22.5 Å². The number of aromatic nitrogens is 5. The highest BCUT2D eigenvalue weighted by Crippen LogP contribution is 2.40. The molecule has 4 heterocycles. The van der Waals surface area contributed by atoms with Crippen molar-refractivity contribution in [1.82, 2.24) is 24.7 Å². The first-order valence-electron chi connectivity index (χ1n) is 16.6. The molecule has 0 fully saturated rings. The number of rotatable bonds is 4. The van der Waals surface area contributed by atoms with Gasteiger partial charge >= 0.3 is 5.97 Å². The highest BCUT2D eigenvalue weighted by molar-refractivity contribution is 7.94. The van der Waals surface area contributed by atoms with Crippen LogP contribution < -0.4 is 4.74 Å². The lowest BCUT2D eigenvalue weighted by Gasteiger charge is -2.30. The number of sulfone groups is 1. The zero-order chi connectivity index (χ0) is 35.8. The van der Waals surface area contributed by atoms with Gasteiger partial charge in [-0.2, -0.15) is 5.10 Å². The highest BCUT2D eigenvalue weighted by Gasteiger charge is 2.36. The highest BCUT2D eigenvalue weighted by atomic mass is 32.2. The van der Waals surface area contributed by atoms with Crippen molar-refractivity contribution in [3.8, 4) is 23.0 Å². The number of H-pyrrole nitrogens is 1. The zero-order valence-corrected chi connectivity index (χ0v) is 30.0. The van der Waals surface area contributed by atoms with Gasteiger partial charge in [0.25, 0.3) is 0 Å². The molecule has 0 radical (unpaired) electrons. The van der Waals surface area contributed by atoms with Crippen LogP contribution in [0.25, 0.3) is 28.5 Å². The number of nitrogens with one attached hydrogen (secondary N) is 1. The van der Waals surface area contributed by atoms with E-state index in [-0.39, 0.29) is 23.4 Å². The Morgan fingerprint density at radius 2 is 1.94 bits per heavy atom. The van der Waals surface area contributed by atoms with Gasteiger partial charge in [0.05, 0.1) is 24.2 Å². The Kier molecular flexibility index (Phi) is 9.43. The van der Waals surface area contributed by atoms with Crippen LogP contribution in [0, 0.1) is 17.2 Å². The van der Waals surface area contributed by atoms with E-state index >= 15 is 4.39 Å². The summed E-state index contributed by atoms with van der Waals surface area (Å²) in [5, 5.41) is 6.69. The van der Waals surface area contributed by atoms with Crippen molar-refractivity contribution in [3.63, 3.8) is 0 Å². The molecule has 0 spiro atoms. The second kappa shape index (κ2) is 13.5. The van der Waals surface area contributed by atoms with E-state index in [0.717, 1.165) is 16.5 Å². The van der Waals surface area contributed by atoms with Crippen LogP contribution >= 0.6 is 0 Å². The fraction of sp³-hybridized carbons (Fsp3) is 0.368. The Labute approximate surface area is 291 Å². The minimum Gasteiger partial charge on any atom is -0.469 e. The molecule has 1 aliphatic rings. The van der Waals surface area contributed by atoms with Crippen LogP contribution in [0.1, 0.15) is 69.5 Å². The number of carbonyl (C=O) groups is 1. The minimum atomic E-state index is -3.72. The molecular weight excluding hydrogens is 658 g/mol. The maximum Gasteiger partial charge on any atom is 0.308 e. The molecule has 4 bridgehead atoms. The van der Waals surface area contributed by atoms with Gasteiger partial charge in [-0.15, -0.1) is 0 Å². The summed E-state index contributed by atoms with van der Waals surface area (Å²) in [5.41, 5.74) is 1.98. The Bertz CT molecular complexity index is 2210. The van der Waals surface area contributed by atoms with Crippen LogP contribution in [0.5, 0.6) is 11.5 Å². The van der Waals surface area contributed by atoms with E-state index in [1.165, 1.54) is 19.3 Å². The van der Waals surface area contributed by atoms with Gasteiger partial charge in [-0.05, 0) is 60.9 Å². The molecule has 6 rings (SSSR count). The summed E-state index contributed by atoms with van der Waals surface area (Å²) in [7, 11) is -0.533. The van der Waals surface area contributed by atoms with Crippen molar-refractivity contribution >= 4 is 32.8 Å². The minimum absolute atomic E-state index is 0.102. The van der Waals surface area contributed by atoms with E-state index in [0.29, 0.717) is 65.2 Å². The van der Waals surface area contributed by atoms with Crippen molar-refractivity contribution in [3.05, 3.63) is 94.7 Å². The van der Waals surface area contributed by atoms with Gasteiger partial charge in [-0.1, -0.05) is 51.5 Å². The van der Waals surface area contributed by atoms with Crippen LogP contribution in [-0.4, -0.2) is 52.0 Å². The summed E-state index contributed by atoms with van der Waals surface area (Å²) in [6.45, 7) is 7.82. The SMILES string of the molecule is COC(=O)[C@H](C)Cc1cccc([C@@]2(C)CCCC(C)(C)CS(=O)(=O)/C=C\c3c(c(F)cc4[nH]ccc34)Oc3ccnc(c3)-c3nc2nn3C)c1. The number of benzene rings is 2. The average molecular weight is 700 g/mol. The van der Waals surface area contributed by atoms with E-state index in [2.05, 4.69) is 23.0 Å². The van der Waals surface area contributed by atoms with E-state index < -0.39 is 26.5 Å². The van der Waals surface area contributed by atoms with E-state index in [1.807, 2.05) is 39.0 Å². The third-order valence-corrected chi connectivity index (χ3v) is 11.2. The number of methoxy groups -OCH3 is 1. The fourth-order valence-corrected chi connectivity index (χ4v) is 8.50. The molecule has 2 aromatic carbocycles. The first-order valence-corrected chi connectivity index (χ1v) is 18.3. The number of hydrogen-bond acceptors (Lipinski definition) is 8. The average Bonchev–Trinajstić information content (AvgIpc) is 3.70. The molecule has 0 saturated carbocycles. The van der Waals surface area contributed by atoms with Crippen molar-refractivity contribution < 1.29 is 27.1 Å². The fourth-order valence-electron chi connectivity index (χ4n) is 6.83. The summed E-state index contributed by atoms with van der Waals surface area (Å²) in [4.78, 5) is 24.8. The molecule has 0 aliphatic carbocycles. The number of pyridine rings is 1. The van der Waals surface area contributed by atoms with Gasteiger partial charge in [0, 0.05) is 53.4 Å². The first-order chi connectivity index (χ1) is 23.7. The molecule has 1 aliphatic heterocycles. The van der Waals surface area contributed by atoms with Crippen LogP contribution in [-0.2, 0) is 38.3 Å². The summed E-state index contributed by atoms with van der Waals surface area (Å²) < 4.78 is 55.6. The molecule has 2 atom stereocenters. The molecule has 0 amide bonds. The number of ether oxygens (including phenoxy) is 2. The summed E-state index contributed by atoms with van der Waals surface area (Å²) in [6.07, 6.45) is 7.06. The van der Waals surface area contributed by atoms with Crippen molar-refractivity contribution in [2.75, 3.05) is 12.9 Å². The van der Waals surface area contributed by atoms with E-state index in [9.17, 15) is 13.2 Å². The summed E-state index contributed by atoms with van der Waals surface area (Å²) >= 11 is 0. The lowest BCUT2D eigenvalue weighted by Crippen LogP contribution is -2.28. The quantitative estimate of drug-likeness (QED) is 0.191. The molecule has 50 heavy (non-hydrogen) atoms. The lowest BCUT2D eigenvalue weighted by molar-refractivity contribution is -0.144.